The molecule has 0 unspecified atom stereocenters. The molecule has 0 aromatic carbocycles. The van der Waals surface area contributed by atoms with E-state index in [4.69, 9.17) is 4.74 Å². The highest BCUT2D eigenvalue weighted by atomic mass is 32.2. The second-order valence-corrected chi connectivity index (χ2v) is 9.69. The van der Waals surface area contributed by atoms with E-state index in [0.29, 0.717) is 6.61 Å². The van der Waals surface area contributed by atoms with Crippen LogP contribution in [0.4, 0.5) is 0 Å². The molecule has 0 N–H and O–H groups in total. The van der Waals surface area contributed by atoms with Gasteiger partial charge in [-0.2, -0.15) is 0 Å². The molecule has 0 aliphatic carbocycles. The lowest BCUT2D eigenvalue weighted by Crippen LogP contribution is -2.30. The average Bonchev–Trinajstić information content (AvgIpc) is 2.47. The fourth-order valence-electron chi connectivity index (χ4n) is 2.19. The van der Waals surface area contributed by atoms with Gasteiger partial charge in [0.05, 0.1) is 5.60 Å². The Hall–Kier alpha value is 0.0200. The van der Waals surface area contributed by atoms with E-state index in [1.165, 1.54) is 35.3 Å². The molecule has 0 fully saturated rings. The lowest BCUT2D eigenvalue weighted by molar-refractivity contribution is -0.110. The van der Waals surface area contributed by atoms with E-state index >= 15 is 0 Å². The van der Waals surface area contributed by atoms with E-state index in [2.05, 4.69) is 6.92 Å². The maximum atomic E-state index is 11.0. The maximum absolute atomic E-state index is 11.0. The van der Waals surface area contributed by atoms with Crippen LogP contribution < -0.4 is 0 Å². The number of carbonyl (C=O) groups excluding carboxylic acids is 3. The minimum absolute atomic E-state index is 0.139. The van der Waals surface area contributed by atoms with Crippen molar-refractivity contribution in [3.8, 4) is 0 Å². The highest BCUT2D eigenvalue weighted by Crippen LogP contribution is 2.26. The van der Waals surface area contributed by atoms with Crippen LogP contribution in [0.5, 0.6) is 0 Å². The van der Waals surface area contributed by atoms with E-state index in [-0.39, 0.29) is 20.9 Å². The molecule has 0 saturated heterocycles. The Morgan fingerprint density at radius 3 is 1.50 bits per heavy atom. The second-order valence-electron chi connectivity index (χ2n) is 5.88. The standard InChI is InChI=1S/C17H30O4S3/c1-14(18)22-11-5-8-17(4,9-6-12-23-15(2)19)21-10-7-13-24-16(3)20/h5-13H2,1-4H3. The minimum atomic E-state index is -0.227. The Labute approximate surface area is 159 Å². The maximum Gasteiger partial charge on any atom is 0.185 e. The molecule has 0 rings (SSSR count). The van der Waals surface area contributed by atoms with E-state index in [0.717, 1.165) is 49.4 Å². The third-order valence-electron chi connectivity index (χ3n) is 3.36. The van der Waals surface area contributed by atoms with Crippen molar-refractivity contribution in [1.29, 1.82) is 0 Å². The van der Waals surface area contributed by atoms with Crippen molar-refractivity contribution in [2.75, 3.05) is 23.9 Å². The second kappa shape index (κ2) is 14.2. The zero-order valence-corrected chi connectivity index (χ0v) is 17.7. The molecule has 0 saturated carbocycles. The normalized spacial score (nSPS) is 11.5. The Kier molecular flexibility index (Phi) is 14.2. The summed E-state index contributed by atoms with van der Waals surface area (Å²) in [7, 11) is 0. The molecule has 4 nitrogen and oxygen atoms in total. The van der Waals surface area contributed by atoms with Crippen LogP contribution in [0.1, 0.15) is 59.8 Å². The number of hydrogen-bond donors (Lipinski definition) is 0. The quantitative estimate of drug-likeness (QED) is 0.425. The molecular weight excluding hydrogens is 364 g/mol. The van der Waals surface area contributed by atoms with E-state index < -0.39 is 0 Å². The van der Waals surface area contributed by atoms with E-state index in [1.807, 2.05) is 0 Å². The summed E-state index contributed by atoms with van der Waals surface area (Å²) in [6.45, 7) is 7.51. The molecule has 0 amide bonds. The van der Waals surface area contributed by atoms with E-state index in [9.17, 15) is 14.4 Å². The first-order chi connectivity index (χ1) is 11.2. The molecule has 140 valence electrons. The van der Waals surface area contributed by atoms with Gasteiger partial charge in [0.25, 0.3) is 0 Å². The molecule has 24 heavy (non-hydrogen) atoms. The van der Waals surface area contributed by atoms with Crippen molar-refractivity contribution in [1.82, 2.24) is 0 Å². The van der Waals surface area contributed by atoms with Gasteiger partial charge in [0.15, 0.2) is 15.3 Å². The van der Waals surface area contributed by atoms with Gasteiger partial charge in [0.2, 0.25) is 0 Å². The van der Waals surface area contributed by atoms with Crippen LogP contribution in [0.15, 0.2) is 0 Å². The Balaban J connectivity index is 4.20. The lowest BCUT2D eigenvalue weighted by Gasteiger charge is -2.30. The van der Waals surface area contributed by atoms with Crippen molar-refractivity contribution < 1.29 is 19.1 Å². The number of ether oxygens (including phenoxy) is 1. The molecule has 0 bridgehead atoms. The summed E-state index contributed by atoms with van der Waals surface area (Å²) in [6.07, 6.45) is 4.52. The molecule has 0 radical (unpaired) electrons. The molecule has 0 spiro atoms. The number of hydrogen-bond acceptors (Lipinski definition) is 7. The van der Waals surface area contributed by atoms with Gasteiger partial charge in [-0.15, -0.1) is 0 Å². The average molecular weight is 395 g/mol. The van der Waals surface area contributed by atoms with E-state index in [1.54, 1.807) is 20.8 Å². The molecule has 0 aliphatic rings. The van der Waals surface area contributed by atoms with Gasteiger partial charge < -0.3 is 4.74 Å². The molecule has 0 aliphatic heterocycles. The van der Waals surface area contributed by atoms with Crippen LogP contribution >= 0.6 is 35.3 Å². The summed E-state index contributed by atoms with van der Waals surface area (Å²) in [5, 5.41) is 0.439. The zero-order chi connectivity index (χ0) is 18.4. The fraction of sp³-hybridized carbons (Fsp3) is 0.824. The van der Waals surface area contributed by atoms with Crippen molar-refractivity contribution >= 4 is 50.6 Å². The largest absolute Gasteiger partial charge is 0.375 e. The molecule has 0 aromatic rings. The van der Waals surface area contributed by atoms with Crippen LogP contribution in [-0.2, 0) is 19.1 Å². The summed E-state index contributed by atoms with van der Waals surface area (Å²) in [6, 6.07) is 0. The van der Waals surface area contributed by atoms with Crippen LogP contribution in [0.25, 0.3) is 0 Å². The zero-order valence-electron chi connectivity index (χ0n) is 15.2. The predicted molar refractivity (Wildman–Crippen MR) is 107 cm³/mol. The summed E-state index contributed by atoms with van der Waals surface area (Å²) < 4.78 is 6.11. The first-order valence-corrected chi connectivity index (χ1v) is 11.2. The van der Waals surface area contributed by atoms with Crippen molar-refractivity contribution in [3.63, 3.8) is 0 Å². The number of thioether (sulfide) groups is 3. The summed E-state index contributed by atoms with van der Waals surface area (Å²) in [4.78, 5) is 32.9. The SMILES string of the molecule is CC(=O)SCCCOC(C)(CCCSC(C)=O)CCCSC(C)=O. The molecule has 0 aromatic heterocycles. The van der Waals surface area contributed by atoms with Crippen LogP contribution in [0, 0.1) is 0 Å². The lowest BCUT2D eigenvalue weighted by atomic mass is 9.94. The first-order valence-electron chi connectivity index (χ1n) is 8.29. The van der Waals surface area contributed by atoms with Gasteiger partial charge in [0, 0.05) is 44.6 Å². The van der Waals surface area contributed by atoms with Gasteiger partial charge in [-0.25, -0.2) is 0 Å². The topological polar surface area (TPSA) is 60.4 Å². The molecule has 7 heteroatoms. The first kappa shape index (κ1) is 24.0. The molecular formula is C17H30O4S3. The summed E-state index contributed by atoms with van der Waals surface area (Å²) in [5.41, 5.74) is -0.227. The minimum Gasteiger partial charge on any atom is -0.375 e. The predicted octanol–water partition coefficient (Wildman–Crippen LogP) is 4.55. The highest BCUT2D eigenvalue weighted by Gasteiger charge is 2.24. The Morgan fingerprint density at radius 1 is 0.750 bits per heavy atom. The molecule has 0 atom stereocenters. The summed E-state index contributed by atoms with van der Waals surface area (Å²) in [5.74, 6) is 2.42. The third kappa shape index (κ3) is 15.5. The van der Waals surface area contributed by atoms with Crippen LogP contribution in [-0.4, -0.2) is 44.8 Å². The monoisotopic (exact) mass is 394 g/mol. The van der Waals surface area contributed by atoms with Gasteiger partial charge in [-0.1, -0.05) is 35.3 Å². The highest BCUT2D eigenvalue weighted by molar-refractivity contribution is 8.14. The van der Waals surface area contributed by atoms with Crippen molar-refractivity contribution in [3.05, 3.63) is 0 Å². The van der Waals surface area contributed by atoms with Gasteiger partial charge >= 0.3 is 0 Å². The Morgan fingerprint density at radius 2 is 1.12 bits per heavy atom. The van der Waals surface area contributed by atoms with Crippen LogP contribution in [0.2, 0.25) is 0 Å². The number of rotatable bonds is 13. The fourth-order valence-corrected chi connectivity index (χ4v) is 3.89. The molecule has 0 heterocycles. The van der Waals surface area contributed by atoms with Crippen molar-refractivity contribution in [2.24, 2.45) is 0 Å². The third-order valence-corrected chi connectivity index (χ3v) is 6.05. The van der Waals surface area contributed by atoms with Crippen LogP contribution in [0.3, 0.4) is 0 Å². The smallest absolute Gasteiger partial charge is 0.185 e. The van der Waals surface area contributed by atoms with Crippen molar-refractivity contribution in [2.45, 2.75) is 65.4 Å². The summed E-state index contributed by atoms with van der Waals surface area (Å²) >= 11 is 4.04. The number of carbonyl (C=O) groups is 3. The Bertz CT molecular complexity index is 377. The van der Waals surface area contributed by atoms with Gasteiger partial charge in [0.1, 0.15) is 0 Å². The van der Waals surface area contributed by atoms with Gasteiger partial charge in [-0.05, 0) is 39.0 Å². The van der Waals surface area contributed by atoms with Gasteiger partial charge in [-0.3, -0.25) is 14.4 Å².